The van der Waals surface area contributed by atoms with Crippen LogP contribution in [-0.4, -0.2) is 27.6 Å². The van der Waals surface area contributed by atoms with Crippen molar-refractivity contribution in [2.75, 3.05) is 11.9 Å². The zero-order valence-corrected chi connectivity index (χ0v) is 19.2. The Balaban J connectivity index is 1.55. The number of nitrogens with zero attached hydrogens (tertiary/aromatic N) is 1. The van der Waals surface area contributed by atoms with Crippen LogP contribution >= 0.6 is 58.2 Å². The highest BCUT2D eigenvalue weighted by Gasteiger charge is 2.31. The fourth-order valence-electron chi connectivity index (χ4n) is 2.61. The van der Waals surface area contributed by atoms with E-state index in [0.717, 1.165) is 14.8 Å². The summed E-state index contributed by atoms with van der Waals surface area (Å²) in [7, 11) is 0. The Morgan fingerprint density at radius 1 is 1.25 bits per heavy atom. The van der Waals surface area contributed by atoms with E-state index >= 15 is 0 Å². The first-order valence-electron chi connectivity index (χ1n) is 8.49. The molecule has 0 atom stereocenters. The van der Waals surface area contributed by atoms with Crippen molar-refractivity contribution in [2.45, 2.75) is 12.8 Å². The predicted molar refractivity (Wildman–Crippen MR) is 128 cm³/mol. The standard InChI is InChI=1S/C20H16ClIN2O2S2/c21-16-8-2-1-5-13(16)11-17-19(26)24(20(27)28-17)10-4-9-18(25)23-15-7-3-6-14(22)12-15/h1-3,5-8,11-12H,4,9-10H2,(H,23,25)/b17-11-. The normalized spacial score (nSPS) is 15.4. The first kappa shape index (κ1) is 21.3. The first-order chi connectivity index (χ1) is 13.4. The number of carbonyl (C=O) groups excluding carboxylic acids is 2. The van der Waals surface area contributed by atoms with Crippen molar-refractivity contribution in [3.05, 3.63) is 67.6 Å². The Kier molecular flexibility index (Phi) is 7.50. The van der Waals surface area contributed by atoms with E-state index < -0.39 is 0 Å². The molecule has 144 valence electrons. The van der Waals surface area contributed by atoms with E-state index in [9.17, 15) is 9.59 Å². The number of nitrogens with one attached hydrogen (secondary N) is 1. The molecular weight excluding hydrogens is 527 g/mol. The minimum atomic E-state index is -0.145. The molecule has 2 aromatic rings. The molecule has 1 aliphatic heterocycles. The van der Waals surface area contributed by atoms with Gasteiger partial charge in [0, 0.05) is 27.2 Å². The van der Waals surface area contributed by atoms with Crippen molar-refractivity contribution in [2.24, 2.45) is 0 Å². The second kappa shape index (κ2) is 9.87. The van der Waals surface area contributed by atoms with Crippen LogP contribution in [0.4, 0.5) is 5.69 Å². The van der Waals surface area contributed by atoms with Gasteiger partial charge in [0.05, 0.1) is 4.91 Å². The predicted octanol–water partition coefficient (Wildman–Crippen LogP) is 5.56. The van der Waals surface area contributed by atoms with Crippen molar-refractivity contribution in [3.63, 3.8) is 0 Å². The average molecular weight is 543 g/mol. The van der Waals surface area contributed by atoms with Gasteiger partial charge in [-0.15, -0.1) is 0 Å². The number of carbonyl (C=O) groups is 2. The lowest BCUT2D eigenvalue weighted by atomic mass is 10.2. The van der Waals surface area contributed by atoms with Crippen LogP contribution in [0.15, 0.2) is 53.4 Å². The molecule has 0 saturated carbocycles. The second-order valence-electron chi connectivity index (χ2n) is 6.02. The average Bonchev–Trinajstić information content (AvgIpc) is 2.91. The maximum atomic E-state index is 12.6. The minimum Gasteiger partial charge on any atom is -0.326 e. The number of rotatable bonds is 6. The second-order valence-corrected chi connectivity index (χ2v) is 9.35. The number of thiocarbonyl (C=S) groups is 1. The summed E-state index contributed by atoms with van der Waals surface area (Å²) in [5.74, 6) is -0.230. The molecule has 3 rings (SSSR count). The number of hydrogen-bond donors (Lipinski definition) is 1. The van der Waals surface area contributed by atoms with Gasteiger partial charge in [-0.25, -0.2) is 0 Å². The van der Waals surface area contributed by atoms with Gasteiger partial charge in [-0.05, 0) is 64.9 Å². The van der Waals surface area contributed by atoms with E-state index in [1.54, 1.807) is 17.0 Å². The number of benzene rings is 2. The molecule has 0 radical (unpaired) electrons. The Hall–Kier alpha value is -1.42. The van der Waals surface area contributed by atoms with Crippen molar-refractivity contribution in [3.8, 4) is 0 Å². The Labute approximate surface area is 191 Å². The molecule has 1 N–H and O–H groups in total. The third-order valence-electron chi connectivity index (χ3n) is 3.96. The molecule has 1 heterocycles. The van der Waals surface area contributed by atoms with E-state index in [1.165, 1.54) is 11.8 Å². The molecule has 8 heteroatoms. The van der Waals surface area contributed by atoms with Crippen LogP contribution in [0, 0.1) is 3.57 Å². The quantitative estimate of drug-likeness (QED) is 0.295. The lowest BCUT2D eigenvalue weighted by Gasteiger charge is -2.14. The maximum Gasteiger partial charge on any atom is 0.266 e. The van der Waals surface area contributed by atoms with Crippen molar-refractivity contribution >= 4 is 86.1 Å². The van der Waals surface area contributed by atoms with Crippen LogP contribution < -0.4 is 5.32 Å². The highest BCUT2D eigenvalue weighted by Crippen LogP contribution is 2.33. The number of amides is 2. The van der Waals surface area contributed by atoms with Gasteiger partial charge in [0.2, 0.25) is 5.91 Å². The van der Waals surface area contributed by atoms with Gasteiger partial charge in [0.15, 0.2) is 0 Å². The lowest BCUT2D eigenvalue weighted by Crippen LogP contribution is -2.29. The van der Waals surface area contributed by atoms with Gasteiger partial charge in [-0.2, -0.15) is 0 Å². The molecule has 0 aromatic heterocycles. The Bertz CT molecular complexity index is 965. The van der Waals surface area contributed by atoms with Gasteiger partial charge >= 0.3 is 0 Å². The van der Waals surface area contributed by atoms with E-state index in [4.69, 9.17) is 23.8 Å². The van der Waals surface area contributed by atoms with Crippen LogP contribution in [0.25, 0.3) is 6.08 Å². The van der Waals surface area contributed by atoms with E-state index in [0.29, 0.717) is 33.6 Å². The largest absolute Gasteiger partial charge is 0.326 e. The summed E-state index contributed by atoms with van der Waals surface area (Å²) in [6.07, 6.45) is 2.60. The van der Waals surface area contributed by atoms with Crippen LogP contribution in [0.5, 0.6) is 0 Å². The molecular formula is C20H16ClIN2O2S2. The summed E-state index contributed by atoms with van der Waals surface area (Å²) in [6, 6.07) is 14.9. The molecule has 4 nitrogen and oxygen atoms in total. The smallest absolute Gasteiger partial charge is 0.266 e. The van der Waals surface area contributed by atoms with Gasteiger partial charge in [0.25, 0.3) is 5.91 Å². The van der Waals surface area contributed by atoms with Crippen molar-refractivity contribution < 1.29 is 9.59 Å². The summed E-state index contributed by atoms with van der Waals surface area (Å²) >= 11 is 15.0. The van der Waals surface area contributed by atoms with E-state index in [1.807, 2.05) is 42.5 Å². The summed E-state index contributed by atoms with van der Waals surface area (Å²) in [5.41, 5.74) is 1.55. The van der Waals surface area contributed by atoms with Crippen LogP contribution in [0.2, 0.25) is 5.02 Å². The monoisotopic (exact) mass is 542 g/mol. The fraction of sp³-hybridized carbons (Fsp3) is 0.150. The van der Waals surface area contributed by atoms with Crippen LogP contribution in [0.1, 0.15) is 18.4 Å². The third kappa shape index (κ3) is 5.56. The van der Waals surface area contributed by atoms with Gasteiger partial charge in [-0.1, -0.05) is 59.8 Å². The fourth-order valence-corrected chi connectivity index (χ4v) is 4.65. The molecule has 0 unspecified atom stereocenters. The highest BCUT2D eigenvalue weighted by atomic mass is 127. The molecule has 1 aliphatic rings. The molecule has 28 heavy (non-hydrogen) atoms. The van der Waals surface area contributed by atoms with Crippen LogP contribution in [-0.2, 0) is 9.59 Å². The molecule has 0 aliphatic carbocycles. The minimum absolute atomic E-state index is 0.0842. The van der Waals surface area contributed by atoms with Gasteiger partial charge in [0.1, 0.15) is 4.32 Å². The molecule has 1 fully saturated rings. The van der Waals surface area contributed by atoms with Crippen molar-refractivity contribution in [1.29, 1.82) is 0 Å². The Morgan fingerprint density at radius 2 is 2.04 bits per heavy atom. The lowest BCUT2D eigenvalue weighted by molar-refractivity contribution is -0.122. The Morgan fingerprint density at radius 3 is 2.79 bits per heavy atom. The summed E-state index contributed by atoms with van der Waals surface area (Å²) in [5, 5.41) is 3.45. The molecule has 2 aromatic carbocycles. The van der Waals surface area contributed by atoms with E-state index in [2.05, 4.69) is 27.9 Å². The molecule has 0 bridgehead atoms. The number of hydrogen-bond acceptors (Lipinski definition) is 4. The summed E-state index contributed by atoms with van der Waals surface area (Å²) in [6.45, 7) is 0.407. The zero-order valence-electron chi connectivity index (χ0n) is 14.7. The maximum absolute atomic E-state index is 12.6. The first-order valence-corrected chi connectivity index (χ1v) is 11.2. The molecule has 1 saturated heterocycles. The highest BCUT2D eigenvalue weighted by molar-refractivity contribution is 14.1. The third-order valence-corrected chi connectivity index (χ3v) is 6.35. The topological polar surface area (TPSA) is 49.4 Å². The summed E-state index contributed by atoms with van der Waals surface area (Å²) < 4.78 is 1.56. The zero-order chi connectivity index (χ0) is 20.1. The SMILES string of the molecule is O=C(CCCN1C(=O)/C(=C/c2ccccc2Cl)SC1=S)Nc1cccc(I)c1. The number of halogens is 2. The van der Waals surface area contributed by atoms with Crippen molar-refractivity contribution in [1.82, 2.24) is 4.90 Å². The number of anilines is 1. The number of thioether (sulfide) groups is 1. The van der Waals surface area contributed by atoms with Crippen LogP contribution in [0.3, 0.4) is 0 Å². The van der Waals surface area contributed by atoms with Gasteiger partial charge < -0.3 is 5.32 Å². The molecule has 0 spiro atoms. The van der Waals surface area contributed by atoms with Gasteiger partial charge in [-0.3, -0.25) is 14.5 Å². The summed E-state index contributed by atoms with van der Waals surface area (Å²) in [4.78, 5) is 26.8. The van der Waals surface area contributed by atoms with E-state index in [-0.39, 0.29) is 11.8 Å². The molecule has 2 amide bonds.